The summed E-state index contributed by atoms with van der Waals surface area (Å²) in [5.41, 5.74) is 0.206. The van der Waals surface area contributed by atoms with Gasteiger partial charge in [-0.3, -0.25) is 4.79 Å². The summed E-state index contributed by atoms with van der Waals surface area (Å²) in [5, 5.41) is 13.8. The third-order valence-electron chi connectivity index (χ3n) is 3.01. The topological polar surface area (TPSA) is 85.5 Å². The molecular weight excluding hydrogens is 272 g/mol. The van der Waals surface area contributed by atoms with Crippen LogP contribution in [0.15, 0.2) is 16.7 Å². The highest BCUT2D eigenvalue weighted by Crippen LogP contribution is 2.36. The van der Waals surface area contributed by atoms with Crippen LogP contribution >= 0.6 is 0 Å². The summed E-state index contributed by atoms with van der Waals surface area (Å²) in [6, 6.07) is 2.92. The molecule has 0 aliphatic rings. The van der Waals surface area contributed by atoms with Crippen LogP contribution in [0.5, 0.6) is 11.5 Å². The van der Waals surface area contributed by atoms with E-state index in [0.29, 0.717) is 22.8 Å². The van der Waals surface area contributed by atoms with Crippen molar-refractivity contribution < 1.29 is 19.2 Å². The summed E-state index contributed by atoms with van der Waals surface area (Å²) in [7, 11) is 1.44. The number of Topliss-reactive ketones (excluding diaryl/α,β-unsaturated/α-hetero) is 1. The van der Waals surface area contributed by atoms with Gasteiger partial charge >= 0.3 is 0 Å². The molecule has 0 fully saturated rings. The van der Waals surface area contributed by atoms with Gasteiger partial charge in [0.1, 0.15) is 0 Å². The molecule has 0 aliphatic heterocycles. The SMILES string of the molecule is COc1cc(-c2noc(C)n2)c(C(=O)C(C)(C)C)cc1O. The largest absolute Gasteiger partial charge is 0.504 e. The number of benzene rings is 1. The van der Waals surface area contributed by atoms with Crippen molar-refractivity contribution >= 4 is 5.78 Å². The van der Waals surface area contributed by atoms with Gasteiger partial charge < -0.3 is 14.4 Å². The number of aromatic hydroxyl groups is 1. The minimum absolute atomic E-state index is 0.103. The molecule has 0 aliphatic carbocycles. The van der Waals surface area contributed by atoms with Crippen LogP contribution in [-0.4, -0.2) is 28.1 Å². The smallest absolute Gasteiger partial charge is 0.223 e. The third-order valence-corrected chi connectivity index (χ3v) is 3.01. The fourth-order valence-electron chi connectivity index (χ4n) is 1.92. The van der Waals surface area contributed by atoms with Crippen molar-refractivity contribution in [1.29, 1.82) is 0 Å². The first kappa shape index (κ1) is 15.0. The number of phenolic OH excluding ortho intramolecular Hbond substituents is 1. The molecule has 1 aromatic carbocycles. The number of phenols is 1. The molecule has 0 amide bonds. The molecule has 6 nitrogen and oxygen atoms in total. The van der Waals surface area contributed by atoms with Crippen LogP contribution in [0.1, 0.15) is 37.0 Å². The highest BCUT2D eigenvalue weighted by Gasteiger charge is 2.28. The Kier molecular flexibility index (Phi) is 3.72. The van der Waals surface area contributed by atoms with E-state index in [1.54, 1.807) is 13.0 Å². The minimum atomic E-state index is -0.603. The second-order valence-electron chi connectivity index (χ2n) is 5.79. The van der Waals surface area contributed by atoms with E-state index in [0.717, 1.165) is 0 Å². The lowest BCUT2D eigenvalue weighted by Gasteiger charge is -2.19. The lowest BCUT2D eigenvalue weighted by atomic mass is 9.84. The fourth-order valence-corrected chi connectivity index (χ4v) is 1.92. The van der Waals surface area contributed by atoms with E-state index in [9.17, 15) is 9.90 Å². The normalized spacial score (nSPS) is 11.5. The molecule has 0 spiro atoms. The second-order valence-corrected chi connectivity index (χ2v) is 5.79. The highest BCUT2D eigenvalue weighted by molar-refractivity contribution is 6.05. The molecule has 1 N–H and O–H groups in total. The molecule has 0 atom stereocenters. The first-order chi connectivity index (χ1) is 9.74. The Balaban J connectivity index is 2.68. The van der Waals surface area contributed by atoms with Crippen LogP contribution in [-0.2, 0) is 0 Å². The zero-order valence-electron chi connectivity index (χ0n) is 12.7. The first-order valence-corrected chi connectivity index (χ1v) is 6.50. The minimum Gasteiger partial charge on any atom is -0.504 e. The molecule has 1 aromatic heterocycles. The number of methoxy groups -OCH3 is 1. The molecule has 0 saturated heterocycles. The zero-order chi connectivity index (χ0) is 15.8. The van der Waals surface area contributed by atoms with Crippen molar-refractivity contribution in [2.24, 2.45) is 5.41 Å². The van der Waals surface area contributed by atoms with Gasteiger partial charge in [-0.1, -0.05) is 25.9 Å². The predicted molar refractivity (Wildman–Crippen MR) is 76.5 cm³/mol. The summed E-state index contributed by atoms with van der Waals surface area (Å²) >= 11 is 0. The maximum absolute atomic E-state index is 12.6. The van der Waals surface area contributed by atoms with E-state index >= 15 is 0 Å². The Morgan fingerprint density at radius 2 is 2.00 bits per heavy atom. The number of nitrogens with zero attached hydrogens (tertiary/aromatic N) is 2. The number of rotatable bonds is 3. The van der Waals surface area contributed by atoms with Gasteiger partial charge in [0, 0.05) is 23.5 Å². The number of carbonyl (C=O) groups excluding carboxylic acids is 1. The number of ether oxygens (including phenoxy) is 1. The number of hydrogen-bond donors (Lipinski definition) is 1. The monoisotopic (exact) mass is 290 g/mol. The maximum atomic E-state index is 12.6. The van der Waals surface area contributed by atoms with E-state index in [2.05, 4.69) is 10.1 Å². The quantitative estimate of drug-likeness (QED) is 0.875. The molecule has 21 heavy (non-hydrogen) atoms. The average Bonchev–Trinajstić information content (AvgIpc) is 2.83. The Hall–Kier alpha value is -2.37. The average molecular weight is 290 g/mol. The van der Waals surface area contributed by atoms with Gasteiger partial charge in [0.2, 0.25) is 11.7 Å². The molecule has 0 unspecified atom stereocenters. The summed E-state index contributed by atoms with van der Waals surface area (Å²) in [4.78, 5) is 16.7. The lowest BCUT2D eigenvalue weighted by molar-refractivity contribution is 0.0858. The van der Waals surface area contributed by atoms with Crippen molar-refractivity contribution in [2.45, 2.75) is 27.7 Å². The van der Waals surface area contributed by atoms with Crippen molar-refractivity contribution in [3.8, 4) is 22.9 Å². The Labute approximate surface area is 122 Å². The molecule has 1 heterocycles. The van der Waals surface area contributed by atoms with Gasteiger partial charge in [-0.15, -0.1) is 0 Å². The number of carbonyl (C=O) groups is 1. The predicted octanol–water partition coefficient (Wildman–Crippen LogP) is 2.99. The van der Waals surface area contributed by atoms with Gasteiger partial charge in [-0.25, -0.2) is 0 Å². The van der Waals surface area contributed by atoms with E-state index in [1.165, 1.54) is 13.2 Å². The highest BCUT2D eigenvalue weighted by atomic mass is 16.5. The van der Waals surface area contributed by atoms with Gasteiger partial charge in [0.15, 0.2) is 17.3 Å². The molecule has 2 rings (SSSR count). The first-order valence-electron chi connectivity index (χ1n) is 6.50. The second kappa shape index (κ2) is 5.20. The van der Waals surface area contributed by atoms with Gasteiger partial charge in [-0.05, 0) is 12.1 Å². The molecule has 0 bridgehead atoms. The van der Waals surface area contributed by atoms with E-state index in [4.69, 9.17) is 9.26 Å². The summed E-state index contributed by atoms with van der Waals surface area (Å²) in [5.74, 6) is 0.703. The van der Waals surface area contributed by atoms with Gasteiger partial charge in [0.25, 0.3) is 0 Å². The van der Waals surface area contributed by atoms with Crippen molar-refractivity contribution in [3.63, 3.8) is 0 Å². The van der Waals surface area contributed by atoms with Crippen molar-refractivity contribution in [2.75, 3.05) is 7.11 Å². The summed E-state index contributed by atoms with van der Waals surface area (Å²) in [6.07, 6.45) is 0. The number of aromatic nitrogens is 2. The Morgan fingerprint density at radius 3 is 2.48 bits per heavy atom. The number of aryl methyl sites for hydroxylation is 1. The molecule has 0 radical (unpaired) electrons. The Morgan fingerprint density at radius 1 is 1.33 bits per heavy atom. The standard InChI is InChI=1S/C15H18N2O4/c1-8-16-14(17-21-8)10-7-12(20-5)11(18)6-9(10)13(19)15(2,3)4/h6-7,18H,1-5H3. The van der Waals surface area contributed by atoms with Crippen LogP contribution < -0.4 is 4.74 Å². The Bertz CT molecular complexity index is 683. The van der Waals surface area contributed by atoms with Crippen molar-refractivity contribution in [1.82, 2.24) is 10.1 Å². The summed E-state index contributed by atoms with van der Waals surface area (Å²) in [6.45, 7) is 7.09. The van der Waals surface area contributed by atoms with Crippen LogP contribution in [0.2, 0.25) is 0 Å². The van der Waals surface area contributed by atoms with E-state index < -0.39 is 5.41 Å². The van der Waals surface area contributed by atoms with E-state index in [1.807, 2.05) is 20.8 Å². The fraction of sp³-hybridized carbons (Fsp3) is 0.400. The van der Waals surface area contributed by atoms with Gasteiger partial charge in [-0.2, -0.15) is 4.98 Å². The van der Waals surface area contributed by atoms with Crippen LogP contribution in [0, 0.1) is 12.3 Å². The van der Waals surface area contributed by atoms with Gasteiger partial charge in [0.05, 0.1) is 7.11 Å². The molecule has 2 aromatic rings. The lowest BCUT2D eigenvalue weighted by Crippen LogP contribution is -2.21. The summed E-state index contributed by atoms with van der Waals surface area (Å²) < 4.78 is 10.1. The number of ketones is 1. The zero-order valence-corrected chi connectivity index (χ0v) is 12.7. The maximum Gasteiger partial charge on any atom is 0.223 e. The van der Waals surface area contributed by atoms with Crippen LogP contribution in [0.25, 0.3) is 11.4 Å². The molecular formula is C15H18N2O4. The third kappa shape index (κ3) is 2.89. The van der Waals surface area contributed by atoms with Crippen LogP contribution in [0.3, 0.4) is 0 Å². The number of hydrogen-bond acceptors (Lipinski definition) is 6. The molecule has 0 saturated carbocycles. The van der Waals surface area contributed by atoms with Crippen molar-refractivity contribution in [3.05, 3.63) is 23.6 Å². The molecule has 112 valence electrons. The molecule has 6 heteroatoms. The van der Waals surface area contributed by atoms with E-state index in [-0.39, 0.29) is 17.3 Å². The van der Waals surface area contributed by atoms with Crippen LogP contribution in [0.4, 0.5) is 0 Å².